The third-order valence-electron chi connectivity index (χ3n) is 2.50. The zero-order chi connectivity index (χ0) is 12.7. The fourth-order valence-corrected chi connectivity index (χ4v) is 1.68. The number of aliphatic hydroxyl groups is 1. The molecule has 1 unspecified atom stereocenters. The number of benzene rings is 1. The van der Waals surface area contributed by atoms with Gasteiger partial charge in [-0.25, -0.2) is 0 Å². The first-order valence-corrected chi connectivity index (χ1v) is 5.89. The number of halogens is 1. The topological polar surface area (TPSA) is 64.7 Å². The Kier molecular flexibility index (Phi) is 8.54. The summed E-state index contributed by atoms with van der Waals surface area (Å²) in [7, 11) is 1.61. The van der Waals surface area contributed by atoms with E-state index in [1.165, 1.54) is 0 Å². The number of rotatable bonds is 7. The SMILES string of the molecule is CCOc1cc(CC(O)CCN)ccc1OC.Cl. The maximum Gasteiger partial charge on any atom is 0.161 e. The largest absolute Gasteiger partial charge is 0.493 e. The molecule has 0 aliphatic heterocycles. The molecule has 0 amide bonds. The summed E-state index contributed by atoms with van der Waals surface area (Å²) < 4.78 is 10.7. The van der Waals surface area contributed by atoms with E-state index in [1.807, 2.05) is 25.1 Å². The van der Waals surface area contributed by atoms with Crippen LogP contribution in [0, 0.1) is 0 Å². The Labute approximate surface area is 115 Å². The molecule has 3 N–H and O–H groups in total. The molecule has 1 aromatic carbocycles. The number of hydrogen-bond acceptors (Lipinski definition) is 4. The average molecular weight is 276 g/mol. The zero-order valence-corrected chi connectivity index (χ0v) is 11.7. The lowest BCUT2D eigenvalue weighted by molar-refractivity contribution is 0.167. The molecule has 0 fully saturated rings. The molecule has 18 heavy (non-hydrogen) atoms. The van der Waals surface area contributed by atoms with Crippen LogP contribution in [0.25, 0.3) is 0 Å². The molecular weight excluding hydrogens is 254 g/mol. The van der Waals surface area contributed by atoms with Crippen LogP contribution >= 0.6 is 12.4 Å². The summed E-state index contributed by atoms with van der Waals surface area (Å²) in [6, 6.07) is 5.69. The predicted octanol–water partition coefficient (Wildman–Crippen LogP) is 1.77. The van der Waals surface area contributed by atoms with E-state index in [-0.39, 0.29) is 12.4 Å². The first-order valence-electron chi connectivity index (χ1n) is 5.89. The minimum Gasteiger partial charge on any atom is -0.493 e. The first-order chi connectivity index (χ1) is 8.21. The fraction of sp³-hybridized carbons (Fsp3) is 0.538. The van der Waals surface area contributed by atoms with E-state index in [9.17, 15) is 5.11 Å². The number of ether oxygens (including phenoxy) is 2. The highest BCUT2D eigenvalue weighted by atomic mass is 35.5. The van der Waals surface area contributed by atoms with Crippen molar-refractivity contribution in [2.24, 2.45) is 5.73 Å². The van der Waals surface area contributed by atoms with Gasteiger partial charge in [-0.2, -0.15) is 0 Å². The van der Waals surface area contributed by atoms with Crippen molar-refractivity contribution in [3.8, 4) is 11.5 Å². The van der Waals surface area contributed by atoms with Gasteiger partial charge in [0.05, 0.1) is 19.8 Å². The smallest absolute Gasteiger partial charge is 0.161 e. The van der Waals surface area contributed by atoms with Gasteiger partial charge in [0.15, 0.2) is 11.5 Å². The van der Waals surface area contributed by atoms with E-state index < -0.39 is 6.10 Å². The van der Waals surface area contributed by atoms with Crippen molar-refractivity contribution >= 4 is 12.4 Å². The van der Waals surface area contributed by atoms with Gasteiger partial charge in [0, 0.05) is 0 Å². The van der Waals surface area contributed by atoms with Gasteiger partial charge < -0.3 is 20.3 Å². The first kappa shape index (κ1) is 17.0. The third kappa shape index (κ3) is 5.12. The summed E-state index contributed by atoms with van der Waals surface area (Å²) in [5, 5.41) is 9.70. The second-order valence-electron chi connectivity index (χ2n) is 3.85. The minimum atomic E-state index is -0.400. The molecule has 0 radical (unpaired) electrons. The zero-order valence-electron chi connectivity index (χ0n) is 10.9. The predicted molar refractivity (Wildman–Crippen MR) is 74.8 cm³/mol. The molecule has 0 heterocycles. The van der Waals surface area contributed by atoms with Crippen molar-refractivity contribution in [1.82, 2.24) is 0 Å². The van der Waals surface area contributed by atoms with Crippen molar-refractivity contribution in [2.45, 2.75) is 25.9 Å². The van der Waals surface area contributed by atoms with Crippen LogP contribution in [0.4, 0.5) is 0 Å². The Hall–Kier alpha value is -0.970. The minimum absolute atomic E-state index is 0. The van der Waals surface area contributed by atoms with Crippen molar-refractivity contribution in [2.75, 3.05) is 20.3 Å². The van der Waals surface area contributed by atoms with Crippen molar-refractivity contribution in [3.05, 3.63) is 23.8 Å². The van der Waals surface area contributed by atoms with Crippen LogP contribution < -0.4 is 15.2 Å². The van der Waals surface area contributed by atoms with Gasteiger partial charge in [0.1, 0.15) is 0 Å². The molecule has 1 aromatic rings. The maximum atomic E-state index is 9.70. The van der Waals surface area contributed by atoms with E-state index in [1.54, 1.807) is 7.11 Å². The normalized spacial score (nSPS) is 11.6. The molecule has 0 aliphatic carbocycles. The number of nitrogens with two attached hydrogens (primary N) is 1. The number of aliphatic hydroxyl groups excluding tert-OH is 1. The Balaban J connectivity index is 0.00000289. The lowest BCUT2D eigenvalue weighted by Crippen LogP contribution is -2.16. The lowest BCUT2D eigenvalue weighted by Gasteiger charge is -2.13. The summed E-state index contributed by atoms with van der Waals surface area (Å²) in [6.07, 6.45) is 0.792. The highest BCUT2D eigenvalue weighted by molar-refractivity contribution is 5.85. The summed E-state index contributed by atoms with van der Waals surface area (Å²) in [6.45, 7) is 3.01. The molecule has 0 aromatic heterocycles. The van der Waals surface area contributed by atoms with Gasteiger partial charge in [-0.3, -0.25) is 0 Å². The van der Waals surface area contributed by atoms with Crippen molar-refractivity contribution < 1.29 is 14.6 Å². The standard InChI is InChI=1S/C13H21NO3.ClH/c1-3-17-13-9-10(4-5-12(13)16-2)8-11(15)6-7-14;/h4-5,9,11,15H,3,6-8,14H2,1-2H3;1H. The summed E-state index contributed by atoms with van der Waals surface area (Å²) in [5.74, 6) is 1.43. The number of methoxy groups -OCH3 is 1. The molecule has 1 rings (SSSR count). The molecule has 0 aliphatic rings. The molecule has 5 heteroatoms. The summed E-state index contributed by atoms with van der Waals surface area (Å²) in [4.78, 5) is 0. The average Bonchev–Trinajstić information content (AvgIpc) is 2.30. The molecule has 0 spiro atoms. The van der Waals surface area contributed by atoms with Crippen LogP contribution in [0.2, 0.25) is 0 Å². The Morgan fingerprint density at radius 2 is 2.06 bits per heavy atom. The van der Waals surface area contributed by atoms with Gasteiger partial charge in [-0.15, -0.1) is 12.4 Å². The van der Waals surface area contributed by atoms with Gasteiger partial charge in [0.25, 0.3) is 0 Å². The van der Waals surface area contributed by atoms with E-state index in [0.717, 1.165) is 5.56 Å². The highest BCUT2D eigenvalue weighted by Crippen LogP contribution is 2.28. The van der Waals surface area contributed by atoms with Gasteiger partial charge in [-0.05, 0) is 44.0 Å². The summed E-state index contributed by atoms with van der Waals surface area (Å²) >= 11 is 0. The Morgan fingerprint density at radius 1 is 1.33 bits per heavy atom. The van der Waals surface area contributed by atoms with Gasteiger partial charge >= 0.3 is 0 Å². The Bertz CT molecular complexity index is 347. The lowest BCUT2D eigenvalue weighted by atomic mass is 10.1. The van der Waals surface area contributed by atoms with E-state index in [4.69, 9.17) is 15.2 Å². The van der Waals surface area contributed by atoms with Crippen LogP contribution in [-0.4, -0.2) is 31.5 Å². The second kappa shape index (κ2) is 9.03. The van der Waals surface area contributed by atoms with Gasteiger partial charge in [0.2, 0.25) is 0 Å². The summed E-state index contributed by atoms with van der Waals surface area (Å²) in [5.41, 5.74) is 6.42. The van der Waals surface area contributed by atoms with E-state index >= 15 is 0 Å². The highest BCUT2D eigenvalue weighted by Gasteiger charge is 2.09. The quantitative estimate of drug-likeness (QED) is 0.796. The maximum absolute atomic E-state index is 9.70. The fourth-order valence-electron chi connectivity index (χ4n) is 1.68. The Morgan fingerprint density at radius 3 is 2.61 bits per heavy atom. The van der Waals surface area contributed by atoms with Crippen LogP contribution in [0.1, 0.15) is 18.9 Å². The third-order valence-corrected chi connectivity index (χ3v) is 2.50. The molecule has 104 valence electrons. The van der Waals surface area contributed by atoms with Crippen molar-refractivity contribution in [3.63, 3.8) is 0 Å². The van der Waals surface area contributed by atoms with Crippen LogP contribution in [0.5, 0.6) is 11.5 Å². The monoisotopic (exact) mass is 275 g/mol. The van der Waals surface area contributed by atoms with Crippen molar-refractivity contribution in [1.29, 1.82) is 0 Å². The van der Waals surface area contributed by atoms with Crippen LogP contribution in [0.3, 0.4) is 0 Å². The van der Waals surface area contributed by atoms with Crippen LogP contribution in [-0.2, 0) is 6.42 Å². The van der Waals surface area contributed by atoms with E-state index in [2.05, 4.69) is 0 Å². The molecule has 0 saturated carbocycles. The molecule has 0 bridgehead atoms. The van der Waals surface area contributed by atoms with E-state index in [0.29, 0.717) is 37.5 Å². The van der Waals surface area contributed by atoms with Gasteiger partial charge in [-0.1, -0.05) is 6.07 Å². The molecule has 4 nitrogen and oxygen atoms in total. The van der Waals surface area contributed by atoms with Crippen LogP contribution in [0.15, 0.2) is 18.2 Å². The molecular formula is C13H22ClNO3. The number of hydrogen-bond donors (Lipinski definition) is 2. The molecule has 1 atom stereocenters. The molecule has 0 saturated heterocycles. The second-order valence-corrected chi connectivity index (χ2v) is 3.85.